The Balaban J connectivity index is 2.79. The van der Waals surface area contributed by atoms with Gasteiger partial charge in [-0.1, -0.05) is 23.2 Å². The molecule has 0 aliphatic rings. The second kappa shape index (κ2) is 7.59. The van der Waals surface area contributed by atoms with Crippen LogP contribution in [0.1, 0.15) is 28.4 Å². The first-order valence-electron chi connectivity index (χ1n) is 6.81. The number of thiophene rings is 1. The van der Waals surface area contributed by atoms with Gasteiger partial charge in [0.2, 0.25) is 0 Å². The van der Waals surface area contributed by atoms with Crippen molar-refractivity contribution in [3.8, 4) is 16.9 Å². The second-order valence-corrected chi connectivity index (χ2v) is 8.25. The largest absolute Gasteiger partial charge is 0.494 e. The van der Waals surface area contributed by atoms with Crippen molar-refractivity contribution in [1.29, 1.82) is 0 Å². The fourth-order valence-corrected chi connectivity index (χ4v) is 4.71. The van der Waals surface area contributed by atoms with E-state index in [1.54, 1.807) is 12.3 Å². The third-order valence-corrected chi connectivity index (χ3v) is 6.48. The van der Waals surface area contributed by atoms with Crippen LogP contribution in [0.25, 0.3) is 11.1 Å². The standard InChI is InChI=1S/C16H15Cl2IO3S/c1-5-22-16(20)9-6-23-15(19)11(9)10-7(2)12(17)14(21-4)13(18)8(10)3/h6H,5H2,1-4H3. The maximum absolute atomic E-state index is 12.3. The van der Waals surface area contributed by atoms with Crippen LogP contribution in [0.15, 0.2) is 5.38 Å². The number of methoxy groups -OCH3 is 1. The summed E-state index contributed by atoms with van der Waals surface area (Å²) in [5.74, 6) is 0.110. The van der Waals surface area contributed by atoms with Gasteiger partial charge in [-0.25, -0.2) is 4.79 Å². The molecule has 23 heavy (non-hydrogen) atoms. The van der Waals surface area contributed by atoms with Crippen molar-refractivity contribution in [3.63, 3.8) is 0 Å². The molecule has 3 nitrogen and oxygen atoms in total. The number of halogens is 3. The van der Waals surface area contributed by atoms with E-state index < -0.39 is 0 Å². The first kappa shape index (κ1) is 18.8. The Morgan fingerprint density at radius 3 is 2.26 bits per heavy atom. The lowest BCUT2D eigenvalue weighted by atomic mass is 9.94. The molecule has 7 heteroatoms. The van der Waals surface area contributed by atoms with Crippen LogP contribution in [0.5, 0.6) is 5.75 Å². The van der Waals surface area contributed by atoms with E-state index in [1.807, 2.05) is 13.8 Å². The second-order valence-electron chi connectivity index (χ2n) is 4.80. The molecule has 2 rings (SSSR count). The van der Waals surface area contributed by atoms with E-state index in [9.17, 15) is 4.79 Å². The summed E-state index contributed by atoms with van der Waals surface area (Å²) < 4.78 is 11.4. The molecule has 0 aliphatic carbocycles. The number of esters is 1. The van der Waals surface area contributed by atoms with Crippen LogP contribution in [0, 0.1) is 16.7 Å². The van der Waals surface area contributed by atoms with E-state index in [0.29, 0.717) is 28.0 Å². The molecule has 1 aromatic heterocycles. The van der Waals surface area contributed by atoms with Gasteiger partial charge in [-0.15, -0.1) is 11.3 Å². The third-order valence-electron chi connectivity index (χ3n) is 3.50. The normalized spacial score (nSPS) is 10.7. The summed E-state index contributed by atoms with van der Waals surface area (Å²) in [7, 11) is 1.53. The Morgan fingerprint density at radius 2 is 1.78 bits per heavy atom. The molecule has 1 heterocycles. The average Bonchev–Trinajstić information content (AvgIpc) is 2.88. The number of hydrogen-bond donors (Lipinski definition) is 0. The van der Waals surface area contributed by atoms with Crippen molar-refractivity contribution in [2.24, 2.45) is 0 Å². The van der Waals surface area contributed by atoms with Gasteiger partial charge in [0.25, 0.3) is 0 Å². The zero-order chi connectivity index (χ0) is 17.3. The molecular weight excluding hydrogens is 470 g/mol. The van der Waals surface area contributed by atoms with Crippen LogP contribution < -0.4 is 4.74 Å². The lowest BCUT2D eigenvalue weighted by Gasteiger charge is -2.18. The van der Waals surface area contributed by atoms with E-state index in [4.69, 9.17) is 32.7 Å². The van der Waals surface area contributed by atoms with Crippen molar-refractivity contribution in [3.05, 3.63) is 35.0 Å². The van der Waals surface area contributed by atoms with Crippen LogP contribution in [0.2, 0.25) is 10.0 Å². The number of benzene rings is 1. The van der Waals surface area contributed by atoms with Gasteiger partial charge in [0.1, 0.15) is 0 Å². The van der Waals surface area contributed by atoms with Crippen LogP contribution in [0.3, 0.4) is 0 Å². The number of carbonyl (C=O) groups is 1. The molecule has 0 fully saturated rings. The molecule has 0 unspecified atom stereocenters. The molecule has 0 saturated carbocycles. The predicted octanol–water partition coefficient (Wildman–Crippen LogP) is 6.13. The van der Waals surface area contributed by atoms with Gasteiger partial charge in [0.15, 0.2) is 5.75 Å². The molecule has 0 bridgehead atoms. The van der Waals surface area contributed by atoms with Crippen molar-refractivity contribution in [1.82, 2.24) is 0 Å². The minimum atomic E-state index is -0.344. The maximum Gasteiger partial charge on any atom is 0.339 e. The van der Waals surface area contributed by atoms with E-state index in [2.05, 4.69) is 22.6 Å². The zero-order valence-electron chi connectivity index (χ0n) is 13.1. The van der Waals surface area contributed by atoms with E-state index in [0.717, 1.165) is 25.1 Å². The highest BCUT2D eigenvalue weighted by molar-refractivity contribution is 14.1. The first-order valence-corrected chi connectivity index (χ1v) is 9.53. The van der Waals surface area contributed by atoms with Gasteiger partial charge in [-0.2, -0.15) is 0 Å². The van der Waals surface area contributed by atoms with Crippen molar-refractivity contribution in [2.75, 3.05) is 13.7 Å². The summed E-state index contributed by atoms with van der Waals surface area (Å²) in [6.45, 7) is 5.90. The Kier molecular flexibility index (Phi) is 6.22. The molecule has 124 valence electrons. The van der Waals surface area contributed by atoms with Crippen molar-refractivity contribution in [2.45, 2.75) is 20.8 Å². The molecule has 0 atom stereocenters. The molecule has 0 saturated heterocycles. The highest BCUT2D eigenvalue weighted by Crippen LogP contribution is 2.47. The molecule has 0 radical (unpaired) electrons. The van der Waals surface area contributed by atoms with Gasteiger partial charge in [-0.05, 0) is 60.1 Å². The number of carbonyl (C=O) groups excluding carboxylic acids is 1. The molecule has 0 aliphatic heterocycles. The van der Waals surface area contributed by atoms with Crippen LogP contribution in [-0.2, 0) is 4.74 Å². The first-order chi connectivity index (χ1) is 10.8. The number of hydrogen-bond acceptors (Lipinski definition) is 4. The molecule has 2 aromatic rings. The predicted molar refractivity (Wildman–Crippen MR) is 104 cm³/mol. The fraction of sp³-hybridized carbons (Fsp3) is 0.312. The molecule has 0 N–H and O–H groups in total. The number of ether oxygens (including phenoxy) is 2. The lowest BCUT2D eigenvalue weighted by molar-refractivity contribution is 0.0528. The summed E-state index contributed by atoms with van der Waals surface area (Å²) in [6.07, 6.45) is 0. The summed E-state index contributed by atoms with van der Waals surface area (Å²) in [5.41, 5.74) is 3.86. The van der Waals surface area contributed by atoms with Crippen LogP contribution >= 0.6 is 57.1 Å². The highest BCUT2D eigenvalue weighted by Gasteiger charge is 2.26. The zero-order valence-corrected chi connectivity index (χ0v) is 17.5. The molecular formula is C16H15Cl2IO3S. The number of rotatable bonds is 4. The average molecular weight is 485 g/mol. The summed E-state index contributed by atoms with van der Waals surface area (Å²) >= 11 is 16.5. The van der Waals surface area contributed by atoms with Gasteiger partial charge in [-0.3, -0.25) is 0 Å². The quantitative estimate of drug-likeness (QED) is 0.387. The van der Waals surface area contributed by atoms with Crippen molar-refractivity contribution >= 4 is 63.1 Å². The van der Waals surface area contributed by atoms with Crippen LogP contribution in [0.4, 0.5) is 0 Å². The third kappa shape index (κ3) is 3.34. The highest BCUT2D eigenvalue weighted by atomic mass is 127. The minimum absolute atomic E-state index is 0.326. The van der Waals surface area contributed by atoms with Gasteiger partial charge in [0, 0.05) is 10.9 Å². The maximum atomic E-state index is 12.3. The van der Waals surface area contributed by atoms with E-state index in [-0.39, 0.29) is 5.97 Å². The van der Waals surface area contributed by atoms with Gasteiger partial charge >= 0.3 is 5.97 Å². The van der Waals surface area contributed by atoms with E-state index in [1.165, 1.54) is 18.4 Å². The summed E-state index contributed by atoms with van der Waals surface area (Å²) in [5, 5.41) is 2.71. The van der Waals surface area contributed by atoms with E-state index >= 15 is 0 Å². The monoisotopic (exact) mass is 484 g/mol. The van der Waals surface area contributed by atoms with Crippen LogP contribution in [-0.4, -0.2) is 19.7 Å². The summed E-state index contributed by atoms with van der Waals surface area (Å²) in [6, 6.07) is 0. The fourth-order valence-electron chi connectivity index (χ4n) is 2.42. The van der Waals surface area contributed by atoms with Gasteiger partial charge in [0.05, 0.1) is 32.2 Å². The summed E-state index contributed by atoms with van der Waals surface area (Å²) in [4.78, 5) is 12.3. The topological polar surface area (TPSA) is 35.5 Å². The molecule has 0 spiro atoms. The Morgan fingerprint density at radius 1 is 1.22 bits per heavy atom. The van der Waals surface area contributed by atoms with Gasteiger partial charge < -0.3 is 9.47 Å². The molecule has 0 amide bonds. The molecule has 1 aromatic carbocycles. The SMILES string of the molecule is CCOC(=O)c1csc(I)c1-c1c(C)c(Cl)c(OC)c(Cl)c1C. The Bertz CT molecular complexity index is 742. The lowest BCUT2D eigenvalue weighted by Crippen LogP contribution is -2.06. The smallest absolute Gasteiger partial charge is 0.339 e. The Hall–Kier alpha value is -0.500. The van der Waals surface area contributed by atoms with Crippen molar-refractivity contribution < 1.29 is 14.3 Å². The Labute approximate surface area is 163 Å². The minimum Gasteiger partial charge on any atom is -0.494 e.